The number of carboxylic acids is 1. The molecule has 0 spiro atoms. The molecule has 0 saturated carbocycles. The minimum absolute atomic E-state index is 0.0542. The predicted molar refractivity (Wildman–Crippen MR) is 317 cm³/mol. The highest BCUT2D eigenvalue weighted by molar-refractivity contribution is 8.76. The summed E-state index contributed by atoms with van der Waals surface area (Å²) in [6.45, 7) is 5.17. The predicted octanol–water partition coefficient (Wildman–Crippen LogP) is 9.19. The average Bonchev–Trinajstić information content (AvgIpc) is 4.41. The van der Waals surface area contributed by atoms with Crippen molar-refractivity contribution in [1.29, 1.82) is 0 Å². The number of nitrogen functional groups attached to an aromatic ring is 1. The van der Waals surface area contributed by atoms with Crippen LogP contribution in [0.2, 0.25) is 0 Å². The maximum Gasteiger partial charge on any atom is 0.513 e. The quantitative estimate of drug-likeness (QED) is 0.0100. The molecule has 1 aliphatic heterocycles. The van der Waals surface area contributed by atoms with Crippen LogP contribution in [-0.4, -0.2) is 114 Å². The number of H-pyrrole nitrogens is 3. The number of carboxylic acid groups (broad SMARTS) is 1. The first kappa shape index (κ1) is 55.7. The molecular formula is C57H55ClN12O9S2. The first-order valence-electron chi connectivity index (χ1n) is 25.8. The maximum atomic E-state index is 14.4. The number of halogens is 1. The van der Waals surface area contributed by atoms with Gasteiger partial charge in [-0.1, -0.05) is 64.1 Å². The second-order valence-electron chi connectivity index (χ2n) is 19.8. The molecule has 416 valence electrons. The van der Waals surface area contributed by atoms with Crippen LogP contribution < -0.4 is 42.2 Å². The number of benzene rings is 5. The number of nitrogens with zero attached hydrogens (tertiary/aromatic N) is 4. The fourth-order valence-corrected chi connectivity index (χ4v) is 12.2. The summed E-state index contributed by atoms with van der Waals surface area (Å²) >= 11 is 6.56. The molecule has 0 fully saturated rings. The van der Waals surface area contributed by atoms with E-state index in [0.29, 0.717) is 76.1 Å². The van der Waals surface area contributed by atoms with Crippen molar-refractivity contribution < 1.29 is 38.6 Å². The van der Waals surface area contributed by atoms with E-state index < -0.39 is 29.6 Å². The number of fused-ring (bicyclic) bond motifs is 6. The Morgan fingerprint density at radius 3 is 2.40 bits per heavy atom. The van der Waals surface area contributed by atoms with Crippen molar-refractivity contribution >= 4 is 130 Å². The number of aliphatic carboxylic acids is 1. The van der Waals surface area contributed by atoms with Crippen LogP contribution in [0.4, 0.5) is 27.8 Å². The lowest BCUT2D eigenvalue weighted by atomic mass is 9.95. The Kier molecular flexibility index (Phi) is 16.8. The highest BCUT2D eigenvalue weighted by Gasteiger charge is 2.36. The van der Waals surface area contributed by atoms with Crippen LogP contribution in [0.5, 0.6) is 5.75 Å². The van der Waals surface area contributed by atoms with E-state index in [1.165, 1.54) is 17.0 Å². The minimum atomic E-state index is -1.14. The second-order valence-corrected chi connectivity index (χ2v) is 22.7. The fourth-order valence-electron chi connectivity index (χ4n) is 9.48. The Balaban J connectivity index is 0.663. The number of carbonyl (C=O) groups excluding carboxylic acids is 4. The molecule has 1 unspecified atom stereocenters. The number of ether oxygens (including phenoxy) is 2. The molecule has 1 aliphatic rings. The number of nitrogens with one attached hydrogen (secondary N) is 7. The normalized spacial score (nSPS) is 13.6. The van der Waals surface area contributed by atoms with Gasteiger partial charge in [-0.15, -0.1) is 11.6 Å². The SMILES string of the molecule is CC(C)(CSSCCOC(=O)Oc1cc2c(c3ccccc13)C(CCl)CN2C(=O)c1cc2cc(NC(=O)c3cc4ccccc4[nH]3)ccc2[nH]1)NCCC[C@@H](NC(=O)c1ccc(NCc2cnc3nc(N)[nH]c(=O)c3n2)cc1)C(=O)O. The fraction of sp³-hybridized carbons (Fsp3) is 0.246. The molecule has 10 N–H and O–H groups in total. The molecule has 3 amide bonds. The zero-order chi connectivity index (χ0) is 56.8. The van der Waals surface area contributed by atoms with Gasteiger partial charge in [-0.2, -0.15) is 4.98 Å². The first-order chi connectivity index (χ1) is 39.1. The molecule has 5 heterocycles. The van der Waals surface area contributed by atoms with E-state index in [4.69, 9.17) is 26.8 Å². The summed E-state index contributed by atoms with van der Waals surface area (Å²) in [6, 6.07) is 31.2. The van der Waals surface area contributed by atoms with Crippen LogP contribution in [0, 0.1) is 0 Å². The lowest BCUT2D eigenvalue weighted by Crippen LogP contribution is -2.44. The minimum Gasteiger partial charge on any atom is -0.480 e. The Bertz CT molecular complexity index is 3890. The molecule has 0 radical (unpaired) electrons. The standard InChI is InChI=1S/C57H55ClN12O9S2/c1-57(2,62-19-7-12-42(54(75)76)67-50(71)31-13-15-35(16-14-31)60-27-37-28-61-49-48(63-37)52(73)69-55(59)68-49)30-81-80-21-20-78-56(77)79-46-25-45-47(39-10-5-4-9-38(39)46)34(26-58)29-70(45)53(74)44-24-33-22-36(17-18-41(33)66-44)64-51(72)43-23-32-8-3-6-11-40(32)65-43/h3-6,8-11,13-18,22-25,28,34,42,60,62,65-66H,7,12,19-21,26-27,29-30H2,1-2H3,(H,64,72)(H,67,71)(H,75,76)(H3,59,61,68,69,73)/t34?,42-/m1/s1. The van der Waals surface area contributed by atoms with E-state index >= 15 is 0 Å². The van der Waals surface area contributed by atoms with Crippen molar-refractivity contribution in [3.8, 4) is 5.75 Å². The molecule has 24 heteroatoms. The third-order valence-electron chi connectivity index (χ3n) is 13.5. The van der Waals surface area contributed by atoms with Crippen LogP contribution in [-0.2, 0) is 16.1 Å². The third-order valence-corrected chi connectivity index (χ3v) is 16.6. The first-order valence-corrected chi connectivity index (χ1v) is 28.8. The van der Waals surface area contributed by atoms with Gasteiger partial charge in [0.1, 0.15) is 29.8 Å². The maximum absolute atomic E-state index is 14.4. The molecule has 81 heavy (non-hydrogen) atoms. The number of aromatic amines is 3. The Morgan fingerprint density at radius 1 is 0.864 bits per heavy atom. The number of carbonyl (C=O) groups is 5. The Hall–Kier alpha value is -8.64. The van der Waals surface area contributed by atoms with Crippen LogP contribution in [0.25, 0.3) is 43.7 Å². The number of amides is 3. The topological polar surface area (TPSA) is 305 Å². The summed E-state index contributed by atoms with van der Waals surface area (Å²) in [4.78, 5) is 101. The van der Waals surface area contributed by atoms with Crippen molar-refractivity contribution in [2.24, 2.45) is 0 Å². The number of hydrogen-bond donors (Lipinski definition) is 9. The van der Waals surface area contributed by atoms with Crippen LogP contribution in [0.3, 0.4) is 0 Å². The van der Waals surface area contributed by atoms with E-state index in [0.717, 1.165) is 27.2 Å². The van der Waals surface area contributed by atoms with Gasteiger partial charge in [0.2, 0.25) is 5.95 Å². The van der Waals surface area contributed by atoms with Gasteiger partial charge < -0.3 is 56.4 Å². The van der Waals surface area contributed by atoms with Gasteiger partial charge >= 0.3 is 12.1 Å². The summed E-state index contributed by atoms with van der Waals surface area (Å²) in [5.74, 6) is -0.877. The van der Waals surface area contributed by atoms with Gasteiger partial charge in [0.25, 0.3) is 23.3 Å². The summed E-state index contributed by atoms with van der Waals surface area (Å²) in [7, 11) is 3.12. The van der Waals surface area contributed by atoms with Crippen molar-refractivity contribution in [3.63, 3.8) is 0 Å². The Labute approximate surface area is 475 Å². The molecule has 0 aliphatic carbocycles. The monoisotopic (exact) mass is 1150 g/mol. The molecule has 10 rings (SSSR count). The van der Waals surface area contributed by atoms with Gasteiger partial charge in [0.15, 0.2) is 11.2 Å². The zero-order valence-corrected chi connectivity index (χ0v) is 46.2. The number of nitrogens with two attached hydrogens (primary N) is 1. The summed E-state index contributed by atoms with van der Waals surface area (Å²) in [6.07, 6.45) is 1.27. The van der Waals surface area contributed by atoms with Gasteiger partial charge in [-0.25, -0.2) is 19.6 Å². The molecule has 2 atom stereocenters. The second kappa shape index (κ2) is 24.4. The summed E-state index contributed by atoms with van der Waals surface area (Å²) in [5, 5.41) is 25.2. The van der Waals surface area contributed by atoms with Crippen molar-refractivity contribution in [1.82, 2.24) is 40.5 Å². The lowest BCUT2D eigenvalue weighted by molar-refractivity contribution is -0.139. The van der Waals surface area contributed by atoms with Crippen LogP contribution in [0.1, 0.15) is 75.2 Å². The van der Waals surface area contributed by atoms with E-state index in [1.807, 2.05) is 68.4 Å². The van der Waals surface area contributed by atoms with Gasteiger partial charge in [-0.05, 0) is 105 Å². The smallest absolute Gasteiger partial charge is 0.480 e. The van der Waals surface area contributed by atoms with Gasteiger partial charge in [-0.3, -0.25) is 24.2 Å². The van der Waals surface area contributed by atoms with Crippen molar-refractivity contribution in [2.75, 3.05) is 58.3 Å². The van der Waals surface area contributed by atoms with E-state index in [9.17, 15) is 33.9 Å². The number of anilines is 4. The molecule has 21 nitrogen and oxygen atoms in total. The van der Waals surface area contributed by atoms with Gasteiger partial charge in [0, 0.05) is 85.6 Å². The highest BCUT2D eigenvalue weighted by Crippen LogP contribution is 2.46. The summed E-state index contributed by atoms with van der Waals surface area (Å²) in [5.41, 5.74) is 10.7. The largest absolute Gasteiger partial charge is 0.513 e. The average molecular weight is 1150 g/mol. The molecular weight excluding hydrogens is 1100 g/mol. The van der Waals surface area contributed by atoms with E-state index in [1.54, 1.807) is 70.3 Å². The molecule has 5 aromatic carbocycles. The van der Waals surface area contributed by atoms with Crippen molar-refractivity contribution in [3.05, 3.63) is 154 Å². The molecule has 0 bridgehead atoms. The van der Waals surface area contributed by atoms with Crippen LogP contribution in [0.15, 0.2) is 120 Å². The number of alkyl halides is 1. The third kappa shape index (κ3) is 13.0. The highest BCUT2D eigenvalue weighted by atomic mass is 35.5. The van der Waals surface area contributed by atoms with Gasteiger partial charge in [0.05, 0.1) is 24.1 Å². The van der Waals surface area contributed by atoms with Crippen LogP contribution >= 0.6 is 33.2 Å². The number of hydrogen-bond acceptors (Lipinski definition) is 16. The lowest BCUT2D eigenvalue weighted by Gasteiger charge is -2.26. The summed E-state index contributed by atoms with van der Waals surface area (Å²) < 4.78 is 11.4. The molecule has 4 aromatic heterocycles. The van der Waals surface area contributed by atoms with E-state index in [-0.39, 0.29) is 77.1 Å². The molecule has 0 saturated heterocycles. The van der Waals surface area contributed by atoms with E-state index in [2.05, 4.69) is 51.2 Å². The Morgan fingerprint density at radius 2 is 1.60 bits per heavy atom. The zero-order valence-electron chi connectivity index (χ0n) is 43.8. The van der Waals surface area contributed by atoms with Crippen molar-refractivity contribution in [2.45, 2.75) is 50.7 Å². The number of para-hydroxylation sites is 1. The number of rotatable bonds is 22. The number of aromatic nitrogens is 6. The molecule has 9 aromatic rings.